The van der Waals surface area contributed by atoms with E-state index >= 15 is 0 Å². The molecule has 70 valence electrons. The number of morpholine rings is 1. The summed E-state index contributed by atoms with van der Waals surface area (Å²) in [6, 6.07) is 0.494. The van der Waals surface area contributed by atoms with Gasteiger partial charge < -0.3 is 9.64 Å². The van der Waals surface area contributed by atoms with Gasteiger partial charge in [-0.15, -0.1) is 0 Å². The van der Waals surface area contributed by atoms with E-state index in [2.05, 4.69) is 32.3 Å². The minimum Gasteiger partial charge on any atom is -0.377 e. The fourth-order valence-corrected chi connectivity index (χ4v) is 1.49. The Labute approximate surface area is 75.2 Å². The molecular weight excluding hydrogens is 150 g/mol. The lowest BCUT2D eigenvalue weighted by Crippen LogP contribution is -2.43. The second-order valence-corrected chi connectivity index (χ2v) is 3.76. The van der Waals surface area contributed by atoms with Crippen LogP contribution in [-0.2, 0) is 4.74 Å². The summed E-state index contributed by atoms with van der Waals surface area (Å²) in [6.07, 6.45) is 0. The van der Waals surface area contributed by atoms with Crippen LogP contribution in [0.5, 0.6) is 0 Å². The minimum absolute atomic E-state index is 0.494. The number of hydrogen-bond acceptors (Lipinski definition) is 2. The van der Waals surface area contributed by atoms with E-state index in [4.69, 9.17) is 4.74 Å². The van der Waals surface area contributed by atoms with Gasteiger partial charge in [-0.1, -0.05) is 20.4 Å². The first kappa shape index (κ1) is 9.59. The van der Waals surface area contributed by atoms with Crippen LogP contribution in [0.1, 0.15) is 20.8 Å². The molecular formula is C10H19NO. The molecule has 0 saturated carbocycles. The zero-order valence-corrected chi connectivity index (χ0v) is 8.34. The van der Waals surface area contributed by atoms with E-state index in [9.17, 15) is 0 Å². The van der Waals surface area contributed by atoms with Crippen LogP contribution in [0.15, 0.2) is 12.3 Å². The molecule has 0 aromatic carbocycles. The average Bonchev–Trinajstić information content (AvgIpc) is 2.04. The van der Waals surface area contributed by atoms with Crippen LogP contribution in [0.4, 0.5) is 0 Å². The molecule has 0 radical (unpaired) electrons. The van der Waals surface area contributed by atoms with E-state index in [-0.39, 0.29) is 0 Å². The van der Waals surface area contributed by atoms with Gasteiger partial charge in [0.15, 0.2) is 0 Å². The maximum atomic E-state index is 5.36. The first-order valence-corrected chi connectivity index (χ1v) is 4.66. The third kappa shape index (κ3) is 2.01. The highest BCUT2D eigenvalue weighted by Crippen LogP contribution is 2.18. The Balaban J connectivity index is 2.53. The van der Waals surface area contributed by atoms with Gasteiger partial charge in [0.05, 0.1) is 13.2 Å². The fraction of sp³-hybridized carbons (Fsp3) is 0.800. The molecule has 0 aromatic heterocycles. The lowest BCUT2D eigenvalue weighted by atomic mass is 10.1. The topological polar surface area (TPSA) is 12.5 Å². The summed E-state index contributed by atoms with van der Waals surface area (Å²) in [5.74, 6) is 0.547. The van der Waals surface area contributed by atoms with E-state index in [0.29, 0.717) is 12.0 Å². The second-order valence-electron chi connectivity index (χ2n) is 3.76. The quantitative estimate of drug-likeness (QED) is 0.626. The maximum absolute atomic E-state index is 5.36. The Morgan fingerprint density at radius 3 is 2.75 bits per heavy atom. The molecule has 0 spiro atoms. The standard InChI is InChI=1S/C10H19NO/c1-8(2)10(4)11-5-6-12-7-9(11)3/h8-9H,4-7H2,1-3H3. The summed E-state index contributed by atoms with van der Waals surface area (Å²) in [4.78, 5) is 2.36. The average molecular weight is 169 g/mol. The lowest BCUT2D eigenvalue weighted by Gasteiger charge is -2.37. The molecule has 0 bridgehead atoms. The van der Waals surface area contributed by atoms with Gasteiger partial charge in [-0.25, -0.2) is 0 Å². The Hall–Kier alpha value is -0.500. The van der Waals surface area contributed by atoms with Gasteiger partial charge in [-0.05, 0) is 12.8 Å². The van der Waals surface area contributed by atoms with Gasteiger partial charge in [-0.2, -0.15) is 0 Å². The number of nitrogens with zero attached hydrogens (tertiary/aromatic N) is 1. The lowest BCUT2D eigenvalue weighted by molar-refractivity contribution is 0.0130. The van der Waals surface area contributed by atoms with E-state index in [1.165, 1.54) is 5.70 Å². The van der Waals surface area contributed by atoms with Crippen molar-refractivity contribution in [2.24, 2.45) is 5.92 Å². The monoisotopic (exact) mass is 169 g/mol. The smallest absolute Gasteiger partial charge is 0.0668 e. The van der Waals surface area contributed by atoms with Gasteiger partial charge in [0.2, 0.25) is 0 Å². The molecule has 1 heterocycles. The molecule has 0 amide bonds. The van der Waals surface area contributed by atoms with Crippen LogP contribution in [0, 0.1) is 5.92 Å². The molecule has 12 heavy (non-hydrogen) atoms. The maximum Gasteiger partial charge on any atom is 0.0668 e. The summed E-state index contributed by atoms with van der Waals surface area (Å²) in [5.41, 5.74) is 1.24. The van der Waals surface area contributed by atoms with Crippen LogP contribution in [0.3, 0.4) is 0 Å². The van der Waals surface area contributed by atoms with Crippen LogP contribution in [0.25, 0.3) is 0 Å². The van der Waals surface area contributed by atoms with E-state index in [0.717, 1.165) is 19.8 Å². The predicted molar refractivity (Wildman–Crippen MR) is 51.0 cm³/mol. The van der Waals surface area contributed by atoms with E-state index in [1.807, 2.05) is 0 Å². The molecule has 1 unspecified atom stereocenters. The van der Waals surface area contributed by atoms with Crippen LogP contribution >= 0.6 is 0 Å². The van der Waals surface area contributed by atoms with E-state index < -0.39 is 0 Å². The number of rotatable bonds is 2. The van der Waals surface area contributed by atoms with Crippen molar-refractivity contribution >= 4 is 0 Å². The summed E-state index contributed by atoms with van der Waals surface area (Å²) in [6.45, 7) is 13.3. The largest absolute Gasteiger partial charge is 0.377 e. The summed E-state index contributed by atoms with van der Waals surface area (Å²) in [5, 5.41) is 0. The second kappa shape index (κ2) is 3.94. The van der Waals surface area contributed by atoms with Crippen molar-refractivity contribution in [1.82, 2.24) is 4.90 Å². The molecule has 2 heteroatoms. The van der Waals surface area contributed by atoms with Crippen molar-refractivity contribution in [2.75, 3.05) is 19.8 Å². The van der Waals surface area contributed by atoms with Crippen molar-refractivity contribution < 1.29 is 4.74 Å². The molecule has 1 aliphatic heterocycles. The van der Waals surface area contributed by atoms with Crippen molar-refractivity contribution in [3.63, 3.8) is 0 Å². The Bertz CT molecular complexity index is 165. The van der Waals surface area contributed by atoms with Gasteiger partial charge in [0.1, 0.15) is 0 Å². The number of hydrogen-bond donors (Lipinski definition) is 0. The Morgan fingerprint density at radius 2 is 2.25 bits per heavy atom. The Morgan fingerprint density at radius 1 is 1.58 bits per heavy atom. The van der Waals surface area contributed by atoms with Gasteiger partial charge in [0.25, 0.3) is 0 Å². The molecule has 1 atom stereocenters. The summed E-state index contributed by atoms with van der Waals surface area (Å²) in [7, 11) is 0. The van der Waals surface area contributed by atoms with Crippen molar-refractivity contribution in [3.8, 4) is 0 Å². The summed E-state index contributed by atoms with van der Waals surface area (Å²) < 4.78 is 5.36. The highest BCUT2D eigenvalue weighted by Gasteiger charge is 2.20. The van der Waals surface area contributed by atoms with Gasteiger partial charge in [0, 0.05) is 18.3 Å². The summed E-state index contributed by atoms with van der Waals surface area (Å²) >= 11 is 0. The molecule has 1 saturated heterocycles. The highest BCUT2D eigenvalue weighted by atomic mass is 16.5. The molecule has 0 aliphatic carbocycles. The SMILES string of the molecule is C=C(C(C)C)N1CCOCC1C. The third-order valence-corrected chi connectivity index (χ3v) is 2.40. The van der Waals surface area contributed by atoms with Gasteiger partial charge >= 0.3 is 0 Å². The predicted octanol–water partition coefficient (Wildman–Crippen LogP) is 1.88. The highest BCUT2D eigenvalue weighted by molar-refractivity contribution is 4.99. The van der Waals surface area contributed by atoms with E-state index in [1.54, 1.807) is 0 Å². The first-order valence-electron chi connectivity index (χ1n) is 4.66. The number of ether oxygens (including phenoxy) is 1. The van der Waals surface area contributed by atoms with Crippen molar-refractivity contribution in [3.05, 3.63) is 12.3 Å². The number of allylic oxidation sites excluding steroid dienone is 1. The van der Waals surface area contributed by atoms with Crippen LogP contribution in [0.2, 0.25) is 0 Å². The normalized spacial score (nSPS) is 24.7. The van der Waals surface area contributed by atoms with Gasteiger partial charge in [-0.3, -0.25) is 0 Å². The van der Waals surface area contributed by atoms with Crippen molar-refractivity contribution in [1.29, 1.82) is 0 Å². The molecule has 1 rings (SSSR count). The fourth-order valence-electron chi connectivity index (χ4n) is 1.49. The first-order chi connectivity index (χ1) is 5.63. The molecule has 0 N–H and O–H groups in total. The minimum atomic E-state index is 0.494. The molecule has 1 aliphatic rings. The molecule has 1 fully saturated rings. The zero-order chi connectivity index (χ0) is 9.14. The molecule has 2 nitrogen and oxygen atoms in total. The Kier molecular flexibility index (Phi) is 3.15. The molecule has 0 aromatic rings. The third-order valence-electron chi connectivity index (χ3n) is 2.40. The van der Waals surface area contributed by atoms with Crippen molar-refractivity contribution in [2.45, 2.75) is 26.8 Å². The van der Waals surface area contributed by atoms with Crippen LogP contribution < -0.4 is 0 Å². The van der Waals surface area contributed by atoms with Crippen LogP contribution in [-0.4, -0.2) is 30.7 Å². The zero-order valence-electron chi connectivity index (χ0n) is 8.34.